The minimum atomic E-state index is 1.05. The van der Waals surface area contributed by atoms with Gasteiger partial charge >= 0.3 is 0 Å². The molecule has 0 saturated carbocycles. The minimum absolute atomic E-state index is 1.05. The molecule has 0 fully saturated rings. The summed E-state index contributed by atoms with van der Waals surface area (Å²) in [5.74, 6) is 1.10. The van der Waals surface area contributed by atoms with Crippen molar-refractivity contribution in [3.05, 3.63) is 23.3 Å². The molecule has 0 saturated heterocycles. The molecule has 2 heteroatoms. The van der Waals surface area contributed by atoms with Crippen LogP contribution in [0.25, 0.3) is 0 Å². The van der Waals surface area contributed by atoms with Gasteiger partial charge in [0.1, 0.15) is 5.82 Å². The molecule has 32 heavy (non-hydrogen) atoms. The highest BCUT2D eigenvalue weighted by molar-refractivity contribution is 5.12. The Morgan fingerprint density at radius 2 is 0.750 bits per heavy atom. The third-order valence-corrected chi connectivity index (χ3v) is 6.71. The first-order valence-electron chi connectivity index (χ1n) is 14.7. The number of hydrogen-bond donors (Lipinski definition) is 0. The van der Waals surface area contributed by atoms with Crippen LogP contribution in [0.15, 0.2) is 6.07 Å². The molecule has 0 aromatic carbocycles. The number of nitrogens with zero attached hydrogens (tertiary/aromatic N) is 2. The van der Waals surface area contributed by atoms with E-state index in [0.29, 0.717) is 0 Å². The lowest BCUT2D eigenvalue weighted by atomic mass is 10.0. The molecule has 1 aromatic rings. The SMILES string of the molecule is CCCCCCCCCCCc1cc(CCCCCCCCCCC)nc(CCCC)n1. The second-order valence-corrected chi connectivity index (χ2v) is 10.0. The van der Waals surface area contributed by atoms with Gasteiger partial charge < -0.3 is 0 Å². The number of hydrogen-bond acceptors (Lipinski definition) is 2. The lowest BCUT2D eigenvalue weighted by molar-refractivity contribution is 0.560. The van der Waals surface area contributed by atoms with Crippen molar-refractivity contribution in [2.75, 3.05) is 0 Å². The van der Waals surface area contributed by atoms with E-state index >= 15 is 0 Å². The van der Waals surface area contributed by atoms with Crippen molar-refractivity contribution in [1.82, 2.24) is 9.97 Å². The van der Waals surface area contributed by atoms with Gasteiger partial charge in [0.05, 0.1) is 0 Å². The molecule has 0 aliphatic heterocycles. The van der Waals surface area contributed by atoms with E-state index < -0.39 is 0 Å². The van der Waals surface area contributed by atoms with Gasteiger partial charge in [-0.2, -0.15) is 0 Å². The standard InChI is InChI=1S/C30H56N2/c1-4-7-10-12-14-16-18-20-22-24-28-27-29(32-30(31-28)26-9-6-3)25-23-21-19-17-15-13-11-8-5-2/h27H,4-26H2,1-3H3. The van der Waals surface area contributed by atoms with Crippen molar-refractivity contribution < 1.29 is 0 Å². The third-order valence-electron chi connectivity index (χ3n) is 6.71. The summed E-state index contributed by atoms with van der Waals surface area (Å²) in [6, 6.07) is 2.32. The largest absolute Gasteiger partial charge is 0.238 e. The predicted molar refractivity (Wildman–Crippen MR) is 143 cm³/mol. The summed E-state index contributed by atoms with van der Waals surface area (Å²) in [5.41, 5.74) is 2.61. The highest BCUT2D eigenvalue weighted by Gasteiger charge is 2.06. The molecule has 2 nitrogen and oxygen atoms in total. The Kier molecular flexibility index (Phi) is 19.9. The van der Waals surface area contributed by atoms with Gasteiger partial charge in [0.15, 0.2) is 0 Å². The fourth-order valence-corrected chi connectivity index (χ4v) is 4.55. The van der Waals surface area contributed by atoms with E-state index in [-0.39, 0.29) is 0 Å². The van der Waals surface area contributed by atoms with Gasteiger partial charge in [0.2, 0.25) is 0 Å². The van der Waals surface area contributed by atoms with Crippen molar-refractivity contribution in [3.63, 3.8) is 0 Å². The van der Waals surface area contributed by atoms with Gasteiger partial charge in [-0.25, -0.2) is 9.97 Å². The summed E-state index contributed by atoms with van der Waals surface area (Å²) in [6.45, 7) is 6.85. The molecule has 1 heterocycles. The van der Waals surface area contributed by atoms with Gasteiger partial charge in [-0.1, -0.05) is 130 Å². The van der Waals surface area contributed by atoms with Gasteiger partial charge in [-0.3, -0.25) is 0 Å². The van der Waals surface area contributed by atoms with Crippen LogP contribution in [-0.2, 0) is 19.3 Å². The number of aryl methyl sites for hydroxylation is 3. The van der Waals surface area contributed by atoms with Crippen LogP contribution in [0.1, 0.15) is 166 Å². The Morgan fingerprint density at radius 1 is 0.406 bits per heavy atom. The van der Waals surface area contributed by atoms with E-state index in [9.17, 15) is 0 Å². The van der Waals surface area contributed by atoms with Gasteiger partial charge in [0, 0.05) is 17.8 Å². The Bertz CT molecular complexity index is 485. The van der Waals surface area contributed by atoms with Crippen LogP contribution in [0.2, 0.25) is 0 Å². The zero-order valence-electron chi connectivity index (χ0n) is 22.2. The van der Waals surface area contributed by atoms with Crippen LogP contribution in [0.5, 0.6) is 0 Å². The molecule has 1 aromatic heterocycles. The zero-order chi connectivity index (χ0) is 23.1. The molecule has 186 valence electrons. The Balaban J connectivity index is 2.29. The molecule has 0 bridgehead atoms. The molecule has 0 radical (unpaired) electrons. The average Bonchev–Trinajstić information content (AvgIpc) is 2.80. The highest BCUT2D eigenvalue weighted by atomic mass is 14.9. The van der Waals surface area contributed by atoms with Crippen LogP contribution >= 0.6 is 0 Å². The average molecular weight is 445 g/mol. The number of unbranched alkanes of at least 4 members (excludes halogenated alkanes) is 17. The minimum Gasteiger partial charge on any atom is -0.238 e. The lowest BCUT2D eigenvalue weighted by Crippen LogP contribution is -2.04. The summed E-state index contributed by atoms with van der Waals surface area (Å²) in [4.78, 5) is 9.84. The van der Waals surface area contributed by atoms with Crippen molar-refractivity contribution >= 4 is 0 Å². The maximum atomic E-state index is 4.92. The summed E-state index contributed by atoms with van der Waals surface area (Å²) in [5, 5.41) is 0. The van der Waals surface area contributed by atoms with E-state index in [1.54, 1.807) is 0 Å². The van der Waals surface area contributed by atoms with Crippen molar-refractivity contribution in [2.45, 2.75) is 168 Å². The van der Waals surface area contributed by atoms with Crippen molar-refractivity contribution in [1.29, 1.82) is 0 Å². The Morgan fingerprint density at radius 3 is 1.12 bits per heavy atom. The molecule has 0 aliphatic carbocycles. The molecule has 0 atom stereocenters. The topological polar surface area (TPSA) is 25.8 Å². The van der Waals surface area contributed by atoms with Gasteiger partial charge in [0.25, 0.3) is 0 Å². The van der Waals surface area contributed by atoms with Gasteiger partial charge in [-0.15, -0.1) is 0 Å². The maximum absolute atomic E-state index is 4.92. The predicted octanol–water partition coefficient (Wildman–Crippen LogP) is 9.97. The molecular weight excluding hydrogens is 388 g/mol. The first-order chi connectivity index (χ1) is 15.8. The molecule has 1 rings (SSSR count). The maximum Gasteiger partial charge on any atom is 0.128 e. The van der Waals surface area contributed by atoms with Crippen LogP contribution in [0.3, 0.4) is 0 Å². The number of aromatic nitrogens is 2. The van der Waals surface area contributed by atoms with Crippen LogP contribution in [-0.4, -0.2) is 9.97 Å². The Hall–Kier alpha value is -0.920. The van der Waals surface area contributed by atoms with Crippen LogP contribution in [0, 0.1) is 0 Å². The quantitative estimate of drug-likeness (QED) is 0.157. The van der Waals surface area contributed by atoms with E-state index in [0.717, 1.165) is 25.1 Å². The van der Waals surface area contributed by atoms with E-state index in [2.05, 4.69) is 26.8 Å². The third kappa shape index (κ3) is 16.7. The second kappa shape index (κ2) is 21.9. The first kappa shape index (κ1) is 29.1. The zero-order valence-corrected chi connectivity index (χ0v) is 22.2. The van der Waals surface area contributed by atoms with Gasteiger partial charge in [-0.05, 0) is 38.2 Å². The van der Waals surface area contributed by atoms with E-state index in [4.69, 9.17) is 9.97 Å². The first-order valence-corrected chi connectivity index (χ1v) is 14.7. The van der Waals surface area contributed by atoms with E-state index in [1.165, 1.54) is 140 Å². The summed E-state index contributed by atoms with van der Waals surface area (Å²) in [6.07, 6.45) is 30.8. The van der Waals surface area contributed by atoms with Crippen LogP contribution < -0.4 is 0 Å². The summed E-state index contributed by atoms with van der Waals surface area (Å²) >= 11 is 0. The molecule has 0 spiro atoms. The lowest BCUT2D eigenvalue weighted by Gasteiger charge is -2.09. The fourth-order valence-electron chi connectivity index (χ4n) is 4.55. The highest BCUT2D eigenvalue weighted by Crippen LogP contribution is 2.15. The monoisotopic (exact) mass is 444 g/mol. The van der Waals surface area contributed by atoms with E-state index in [1.807, 2.05) is 0 Å². The fraction of sp³-hybridized carbons (Fsp3) is 0.867. The second-order valence-electron chi connectivity index (χ2n) is 10.0. The normalized spacial score (nSPS) is 11.3. The molecule has 0 unspecified atom stereocenters. The molecule has 0 aliphatic rings. The molecule has 0 amide bonds. The summed E-state index contributed by atoms with van der Waals surface area (Å²) in [7, 11) is 0. The summed E-state index contributed by atoms with van der Waals surface area (Å²) < 4.78 is 0. The molecular formula is C30H56N2. The van der Waals surface area contributed by atoms with Crippen molar-refractivity contribution in [3.8, 4) is 0 Å². The van der Waals surface area contributed by atoms with Crippen LogP contribution in [0.4, 0.5) is 0 Å². The van der Waals surface area contributed by atoms with Crippen molar-refractivity contribution in [2.24, 2.45) is 0 Å². The Labute approximate surface area is 201 Å². The smallest absolute Gasteiger partial charge is 0.128 e. The number of rotatable bonds is 23. The molecule has 0 N–H and O–H groups in total.